The van der Waals surface area contributed by atoms with Gasteiger partial charge in [-0.05, 0) is 34.5 Å². The summed E-state index contributed by atoms with van der Waals surface area (Å²) >= 11 is 0. The molecule has 0 radical (unpaired) electrons. The summed E-state index contributed by atoms with van der Waals surface area (Å²) in [5.41, 5.74) is 1.21. The van der Waals surface area contributed by atoms with Crippen LogP contribution in [0.15, 0.2) is 73.1 Å². The van der Waals surface area contributed by atoms with Crippen molar-refractivity contribution < 1.29 is 14.5 Å². The number of aromatic nitrogens is 1. The lowest BCUT2D eigenvalue weighted by molar-refractivity contribution is -0.382. The quantitative estimate of drug-likeness (QED) is 0.229. The highest BCUT2D eigenvalue weighted by molar-refractivity contribution is 6.12. The first-order valence-electron chi connectivity index (χ1n) is 8.29. The molecular weight excluding hydrogens is 344 g/mol. The van der Waals surface area contributed by atoms with Gasteiger partial charge in [-0.25, -0.2) is 4.79 Å². The normalized spacial score (nSPS) is 10.8. The van der Waals surface area contributed by atoms with Crippen molar-refractivity contribution in [1.29, 1.82) is 0 Å². The molecule has 4 rings (SSSR count). The second-order valence-electron chi connectivity index (χ2n) is 6.07. The molecule has 0 bridgehead atoms. The van der Waals surface area contributed by atoms with Gasteiger partial charge in [-0.15, -0.1) is 0 Å². The van der Waals surface area contributed by atoms with Crippen LogP contribution in [0.4, 0.5) is 5.69 Å². The van der Waals surface area contributed by atoms with Gasteiger partial charge in [0.1, 0.15) is 6.61 Å². The summed E-state index contributed by atoms with van der Waals surface area (Å²) in [5, 5.41) is 14.0. The zero-order valence-corrected chi connectivity index (χ0v) is 14.2. The number of nitrogens with zero attached hydrogens (tertiary/aromatic N) is 2. The Balaban J connectivity index is 1.72. The molecule has 132 valence electrons. The Bertz CT molecular complexity index is 1170. The van der Waals surface area contributed by atoms with E-state index in [2.05, 4.69) is 4.98 Å². The second-order valence-corrected chi connectivity index (χ2v) is 6.07. The third-order valence-corrected chi connectivity index (χ3v) is 4.38. The van der Waals surface area contributed by atoms with Gasteiger partial charge >= 0.3 is 5.97 Å². The number of non-ortho nitro benzene ring substituents is 1. The molecular formula is C21H14N2O4. The van der Waals surface area contributed by atoms with Crippen LogP contribution in [0.1, 0.15) is 15.9 Å². The predicted molar refractivity (Wildman–Crippen MR) is 101 cm³/mol. The van der Waals surface area contributed by atoms with Gasteiger partial charge < -0.3 is 4.74 Å². The topological polar surface area (TPSA) is 82.3 Å². The molecule has 27 heavy (non-hydrogen) atoms. The lowest BCUT2D eigenvalue weighted by atomic mass is 10.00. The number of nitro groups is 1. The maximum absolute atomic E-state index is 12.4. The van der Waals surface area contributed by atoms with Crippen LogP contribution in [0.3, 0.4) is 0 Å². The molecule has 0 aliphatic heterocycles. The number of ether oxygens (including phenoxy) is 1. The van der Waals surface area contributed by atoms with Gasteiger partial charge in [-0.3, -0.25) is 15.1 Å². The first-order valence-corrected chi connectivity index (χ1v) is 8.29. The molecule has 0 unspecified atom stereocenters. The van der Waals surface area contributed by atoms with Crippen LogP contribution >= 0.6 is 0 Å². The Labute approximate surface area is 154 Å². The van der Waals surface area contributed by atoms with Crippen LogP contribution in [-0.4, -0.2) is 15.9 Å². The number of fused-ring (bicyclic) bond motifs is 3. The smallest absolute Gasteiger partial charge is 0.338 e. The van der Waals surface area contributed by atoms with Crippen molar-refractivity contribution in [2.75, 3.05) is 0 Å². The highest BCUT2D eigenvalue weighted by Crippen LogP contribution is 2.33. The van der Waals surface area contributed by atoms with Crippen molar-refractivity contribution in [2.45, 2.75) is 6.61 Å². The number of benzene rings is 3. The third kappa shape index (κ3) is 3.20. The molecule has 6 nitrogen and oxygen atoms in total. The van der Waals surface area contributed by atoms with Crippen molar-refractivity contribution in [1.82, 2.24) is 4.98 Å². The van der Waals surface area contributed by atoms with Crippen LogP contribution in [-0.2, 0) is 11.3 Å². The lowest BCUT2D eigenvalue weighted by Gasteiger charge is -2.08. The van der Waals surface area contributed by atoms with E-state index in [0.29, 0.717) is 21.7 Å². The number of rotatable bonds is 4. The fourth-order valence-electron chi connectivity index (χ4n) is 3.07. The zero-order valence-electron chi connectivity index (χ0n) is 14.2. The SMILES string of the molecule is O=C(OCc1ccccc1)c1ccc2c(c1)cc([N+](=O)[O-])c1ccncc12. The fourth-order valence-corrected chi connectivity index (χ4v) is 3.07. The first-order chi connectivity index (χ1) is 13.1. The van der Waals surface area contributed by atoms with Gasteiger partial charge in [0.25, 0.3) is 5.69 Å². The van der Waals surface area contributed by atoms with E-state index in [1.54, 1.807) is 30.5 Å². The number of nitro benzene ring substituents is 1. The summed E-state index contributed by atoms with van der Waals surface area (Å²) in [6, 6.07) is 17.5. The monoisotopic (exact) mass is 358 g/mol. The molecule has 0 N–H and O–H groups in total. The summed E-state index contributed by atoms with van der Waals surface area (Å²) in [4.78, 5) is 27.4. The zero-order chi connectivity index (χ0) is 18.8. The van der Waals surface area contributed by atoms with E-state index in [-0.39, 0.29) is 12.3 Å². The van der Waals surface area contributed by atoms with Crippen molar-refractivity contribution in [2.24, 2.45) is 0 Å². The number of carbonyl (C=O) groups excluding carboxylic acids is 1. The molecule has 3 aromatic carbocycles. The van der Waals surface area contributed by atoms with Gasteiger partial charge in [-0.2, -0.15) is 0 Å². The maximum Gasteiger partial charge on any atom is 0.338 e. The average Bonchev–Trinajstić information content (AvgIpc) is 2.71. The number of esters is 1. The van der Waals surface area contributed by atoms with Crippen LogP contribution < -0.4 is 0 Å². The maximum atomic E-state index is 12.4. The van der Waals surface area contributed by atoms with Crippen molar-refractivity contribution in [3.05, 3.63) is 94.3 Å². The Hall–Kier alpha value is -3.80. The number of carbonyl (C=O) groups is 1. The molecule has 0 aliphatic rings. The molecule has 0 fully saturated rings. The van der Waals surface area contributed by atoms with Crippen molar-refractivity contribution in [3.63, 3.8) is 0 Å². The standard InChI is InChI=1S/C21H14N2O4/c24-21(27-13-14-4-2-1-3-5-14)15-6-7-17-16(10-15)11-20(23(25)26)18-8-9-22-12-19(17)18/h1-12H,13H2. The van der Waals surface area contributed by atoms with E-state index in [4.69, 9.17) is 4.74 Å². The van der Waals surface area contributed by atoms with Gasteiger partial charge in [0.2, 0.25) is 0 Å². The fraction of sp³-hybridized carbons (Fsp3) is 0.0476. The Morgan fingerprint density at radius 3 is 2.59 bits per heavy atom. The molecule has 0 aliphatic carbocycles. The van der Waals surface area contributed by atoms with E-state index < -0.39 is 10.9 Å². The lowest BCUT2D eigenvalue weighted by Crippen LogP contribution is -2.05. The molecule has 0 saturated carbocycles. The highest BCUT2D eigenvalue weighted by Gasteiger charge is 2.16. The Kier molecular flexibility index (Phi) is 4.22. The van der Waals surface area contributed by atoms with Crippen molar-refractivity contribution >= 4 is 33.2 Å². The second kappa shape index (κ2) is 6.84. The minimum Gasteiger partial charge on any atom is -0.457 e. The summed E-state index contributed by atoms with van der Waals surface area (Å²) in [5.74, 6) is -0.477. The summed E-state index contributed by atoms with van der Waals surface area (Å²) in [6.45, 7) is 0.166. The molecule has 4 aromatic rings. The van der Waals surface area contributed by atoms with E-state index in [1.807, 2.05) is 30.3 Å². The number of pyridine rings is 1. The van der Waals surface area contributed by atoms with Gasteiger partial charge in [0, 0.05) is 23.8 Å². The predicted octanol–water partition coefficient (Wildman–Crippen LogP) is 4.65. The minimum atomic E-state index is -0.477. The molecule has 0 saturated heterocycles. The molecule has 0 atom stereocenters. The summed E-state index contributed by atoms with van der Waals surface area (Å²) in [7, 11) is 0. The molecule has 1 heterocycles. The number of hydrogen-bond acceptors (Lipinski definition) is 5. The molecule has 0 amide bonds. The Morgan fingerprint density at radius 2 is 1.81 bits per heavy atom. The van der Waals surface area contributed by atoms with Gasteiger partial charge in [0.05, 0.1) is 15.9 Å². The third-order valence-electron chi connectivity index (χ3n) is 4.38. The van der Waals surface area contributed by atoms with E-state index in [9.17, 15) is 14.9 Å². The van der Waals surface area contributed by atoms with Gasteiger partial charge in [-0.1, -0.05) is 36.4 Å². The van der Waals surface area contributed by atoms with E-state index in [0.717, 1.165) is 10.9 Å². The van der Waals surface area contributed by atoms with Crippen molar-refractivity contribution in [3.8, 4) is 0 Å². The van der Waals surface area contributed by atoms with E-state index >= 15 is 0 Å². The van der Waals surface area contributed by atoms with Gasteiger partial charge in [0.15, 0.2) is 0 Å². The summed E-state index contributed by atoms with van der Waals surface area (Å²) < 4.78 is 5.34. The van der Waals surface area contributed by atoms with Crippen LogP contribution in [0.25, 0.3) is 21.5 Å². The van der Waals surface area contributed by atoms with Crippen LogP contribution in [0.5, 0.6) is 0 Å². The minimum absolute atomic E-state index is 0.0188. The molecule has 6 heteroatoms. The van der Waals surface area contributed by atoms with Crippen LogP contribution in [0.2, 0.25) is 0 Å². The highest BCUT2D eigenvalue weighted by atomic mass is 16.6. The van der Waals surface area contributed by atoms with Crippen LogP contribution in [0, 0.1) is 10.1 Å². The summed E-state index contributed by atoms with van der Waals surface area (Å²) in [6.07, 6.45) is 3.12. The average molecular weight is 358 g/mol. The first kappa shape index (κ1) is 16.7. The Morgan fingerprint density at radius 1 is 1.00 bits per heavy atom. The largest absolute Gasteiger partial charge is 0.457 e. The number of hydrogen-bond donors (Lipinski definition) is 0. The molecule has 0 spiro atoms. The molecule has 1 aromatic heterocycles. The van der Waals surface area contributed by atoms with E-state index in [1.165, 1.54) is 12.3 Å².